The molecule has 4 aromatic rings. The number of rotatable bonds is 7. The Morgan fingerprint density at radius 3 is 2.32 bits per heavy atom. The van der Waals surface area contributed by atoms with E-state index in [2.05, 4.69) is 25.3 Å². The second kappa shape index (κ2) is 10.7. The Morgan fingerprint density at radius 2 is 1.68 bits per heavy atom. The monoisotopic (exact) mass is 508 g/mol. The number of ether oxygens (including phenoxy) is 1. The number of hydrogen-bond donors (Lipinski definition) is 3. The highest BCUT2D eigenvalue weighted by molar-refractivity contribution is 6.04. The highest BCUT2D eigenvalue weighted by atomic mass is 19.4. The quantitative estimate of drug-likeness (QED) is 0.277. The highest BCUT2D eigenvalue weighted by Crippen LogP contribution is 2.28. The molecular formula is C27H23F3N4O3. The highest BCUT2D eigenvalue weighted by Gasteiger charge is 2.31. The third-order valence-corrected chi connectivity index (χ3v) is 5.47. The largest absolute Gasteiger partial charge is 0.573 e. The topological polar surface area (TPSA) is 96.4 Å². The minimum atomic E-state index is -4.76. The molecule has 37 heavy (non-hydrogen) atoms. The Bertz CT molecular complexity index is 1410. The van der Waals surface area contributed by atoms with Gasteiger partial charge in [0.25, 0.3) is 5.91 Å². The molecule has 0 unspecified atom stereocenters. The SMILES string of the molecule is Cc1ccc(CO)cc1NC(=O)c1ccc(Nc2ncc(C)c(-c3ccc(OC(F)(F)F)cc3)n2)cc1. The molecule has 0 aliphatic heterocycles. The smallest absolute Gasteiger partial charge is 0.406 e. The van der Waals surface area contributed by atoms with Crippen molar-refractivity contribution in [2.45, 2.75) is 26.8 Å². The van der Waals surface area contributed by atoms with E-state index in [1.165, 1.54) is 24.3 Å². The van der Waals surface area contributed by atoms with Crippen molar-refractivity contribution in [1.29, 1.82) is 0 Å². The number of anilines is 3. The van der Waals surface area contributed by atoms with Gasteiger partial charge in [-0.25, -0.2) is 9.97 Å². The molecule has 0 aliphatic carbocycles. The number of carbonyl (C=O) groups excluding carboxylic acids is 1. The van der Waals surface area contributed by atoms with Crippen molar-refractivity contribution in [3.63, 3.8) is 0 Å². The Morgan fingerprint density at radius 1 is 0.973 bits per heavy atom. The molecule has 0 aliphatic rings. The summed E-state index contributed by atoms with van der Waals surface area (Å²) >= 11 is 0. The van der Waals surface area contributed by atoms with Gasteiger partial charge in [0.15, 0.2) is 0 Å². The van der Waals surface area contributed by atoms with Crippen LogP contribution in [0.15, 0.2) is 72.9 Å². The summed E-state index contributed by atoms with van der Waals surface area (Å²) in [5.74, 6) is -0.330. The predicted molar refractivity (Wildman–Crippen MR) is 134 cm³/mol. The lowest BCUT2D eigenvalue weighted by atomic mass is 10.1. The number of aliphatic hydroxyl groups is 1. The molecule has 3 N–H and O–H groups in total. The Labute approximate surface area is 211 Å². The molecule has 1 aromatic heterocycles. The van der Waals surface area contributed by atoms with Crippen LogP contribution in [-0.4, -0.2) is 27.3 Å². The van der Waals surface area contributed by atoms with Crippen molar-refractivity contribution in [2.24, 2.45) is 0 Å². The van der Waals surface area contributed by atoms with Crippen LogP contribution < -0.4 is 15.4 Å². The number of aromatic nitrogens is 2. The number of hydrogen-bond acceptors (Lipinski definition) is 6. The van der Waals surface area contributed by atoms with Crippen molar-refractivity contribution in [2.75, 3.05) is 10.6 Å². The van der Waals surface area contributed by atoms with Gasteiger partial charge in [-0.15, -0.1) is 13.2 Å². The average molecular weight is 509 g/mol. The minimum absolute atomic E-state index is 0.121. The molecule has 1 amide bonds. The summed E-state index contributed by atoms with van der Waals surface area (Å²) < 4.78 is 41.2. The maximum Gasteiger partial charge on any atom is 0.573 e. The first-order valence-electron chi connectivity index (χ1n) is 11.2. The lowest BCUT2D eigenvalue weighted by Gasteiger charge is -2.12. The van der Waals surface area contributed by atoms with Crippen molar-refractivity contribution in [3.8, 4) is 17.0 Å². The van der Waals surface area contributed by atoms with Gasteiger partial charge in [-0.2, -0.15) is 0 Å². The fraction of sp³-hybridized carbons (Fsp3) is 0.148. The maximum atomic E-state index is 12.7. The van der Waals surface area contributed by atoms with E-state index in [4.69, 9.17) is 0 Å². The van der Waals surface area contributed by atoms with Gasteiger partial charge < -0.3 is 20.5 Å². The van der Waals surface area contributed by atoms with E-state index in [9.17, 15) is 23.1 Å². The van der Waals surface area contributed by atoms with E-state index in [0.29, 0.717) is 33.8 Å². The number of alkyl halides is 3. The van der Waals surface area contributed by atoms with Crippen LogP contribution in [0.2, 0.25) is 0 Å². The number of benzene rings is 3. The summed E-state index contributed by atoms with van der Waals surface area (Å²) in [5, 5.41) is 15.2. The van der Waals surface area contributed by atoms with E-state index in [0.717, 1.165) is 11.1 Å². The molecule has 3 aromatic carbocycles. The first kappa shape index (κ1) is 25.6. The van der Waals surface area contributed by atoms with Crippen LogP contribution in [0.5, 0.6) is 5.75 Å². The number of carbonyl (C=O) groups is 1. The predicted octanol–water partition coefficient (Wildman–Crippen LogP) is 6.15. The summed E-state index contributed by atoms with van der Waals surface area (Å²) in [6.45, 7) is 3.54. The maximum absolute atomic E-state index is 12.7. The molecule has 0 spiro atoms. The summed E-state index contributed by atoms with van der Waals surface area (Å²) in [6, 6.07) is 17.5. The summed E-state index contributed by atoms with van der Waals surface area (Å²) in [4.78, 5) is 21.5. The number of amides is 1. The van der Waals surface area contributed by atoms with Crippen molar-refractivity contribution in [3.05, 3.63) is 95.2 Å². The molecular weight excluding hydrogens is 485 g/mol. The molecule has 0 fully saturated rings. The van der Waals surface area contributed by atoms with Gasteiger partial charge in [0.05, 0.1) is 12.3 Å². The van der Waals surface area contributed by atoms with Gasteiger partial charge in [-0.05, 0) is 85.1 Å². The second-order valence-electron chi connectivity index (χ2n) is 8.26. The molecule has 10 heteroatoms. The first-order chi connectivity index (χ1) is 17.6. The normalized spacial score (nSPS) is 11.2. The second-order valence-corrected chi connectivity index (χ2v) is 8.26. The Hall–Kier alpha value is -4.44. The van der Waals surface area contributed by atoms with Gasteiger partial charge in [-0.3, -0.25) is 4.79 Å². The molecule has 0 saturated heterocycles. The van der Waals surface area contributed by atoms with E-state index >= 15 is 0 Å². The number of aryl methyl sites for hydroxylation is 2. The molecule has 1 heterocycles. The fourth-order valence-electron chi connectivity index (χ4n) is 3.54. The van der Waals surface area contributed by atoms with Crippen molar-refractivity contribution >= 4 is 23.2 Å². The molecule has 4 rings (SSSR count). The minimum Gasteiger partial charge on any atom is -0.406 e. The molecule has 0 atom stereocenters. The number of nitrogens with one attached hydrogen (secondary N) is 2. The van der Waals surface area contributed by atoms with Crippen LogP contribution in [-0.2, 0) is 6.61 Å². The van der Waals surface area contributed by atoms with Crippen LogP contribution in [0.1, 0.15) is 27.0 Å². The lowest BCUT2D eigenvalue weighted by Crippen LogP contribution is -2.16. The van der Waals surface area contributed by atoms with Gasteiger partial charge in [-0.1, -0.05) is 12.1 Å². The summed E-state index contributed by atoms with van der Waals surface area (Å²) in [6.07, 6.45) is -3.15. The van der Waals surface area contributed by atoms with Crippen molar-refractivity contribution < 1.29 is 27.8 Å². The molecule has 7 nitrogen and oxygen atoms in total. The van der Waals surface area contributed by atoms with Gasteiger partial charge >= 0.3 is 6.36 Å². The zero-order chi connectivity index (χ0) is 26.6. The summed E-state index contributed by atoms with van der Waals surface area (Å²) in [7, 11) is 0. The van der Waals surface area contributed by atoms with E-state index in [1.54, 1.807) is 49.5 Å². The number of nitrogens with zero attached hydrogens (tertiary/aromatic N) is 2. The number of aliphatic hydroxyl groups excluding tert-OH is 1. The van der Waals surface area contributed by atoms with Gasteiger partial charge in [0.2, 0.25) is 5.95 Å². The average Bonchev–Trinajstić information content (AvgIpc) is 2.86. The molecule has 0 saturated carbocycles. The Balaban J connectivity index is 1.46. The first-order valence-corrected chi connectivity index (χ1v) is 11.2. The van der Waals surface area contributed by atoms with E-state index < -0.39 is 6.36 Å². The van der Waals surface area contributed by atoms with E-state index in [-0.39, 0.29) is 24.2 Å². The van der Waals surface area contributed by atoms with Crippen molar-refractivity contribution in [1.82, 2.24) is 9.97 Å². The third kappa shape index (κ3) is 6.62. The standard InChI is InChI=1S/C27H23F3N4O3/c1-16-3-4-18(15-35)13-23(16)33-25(36)20-5-9-21(10-6-20)32-26-31-14-17(2)24(34-26)19-7-11-22(12-8-19)37-27(28,29)30/h3-14,35H,15H2,1-2H3,(H,33,36)(H,31,32,34). The Kier molecular flexibility index (Phi) is 7.40. The van der Waals surface area contributed by atoms with Crippen LogP contribution >= 0.6 is 0 Å². The van der Waals surface area contributed by atoms with Crippen LogP contribution in [0, 0.1) is 13.8 Å². The zero-order valence-corrected chi connectivity index (χ0v) is 19.9. The molecule has 0 bridgehead atoms. The fourth-order valence-corrected chi connectivity index (χ4v) is 3.54. The third-order valence-electron chi connectivity index (χ3n) is 5.47. The van der Waals surface area contributed by atoms with Gasteiger partial charge in [0, 0.05) is 28.7 Å². The van der Waals surface area contributed by atoms with Gasteiger partial charge in [0.1, 0.15) is 5.75 Å². The van der Waals surface area contributed by atoms with Crippen LogP contribution in [0.25, 0.3) is 11.3 Å². The zero-order valence-electron chi connectivity index (χ0n) is 19.9. The number of halogens is 3. The molecule has 0 radical (unpaired) electrons. The molecule has 190 valence electrons. The van der Waals surface area contributed by atoms with E-state index in [1.807, 2.05) is 13.0 Å². The van der Waals surface area contributed by atoms with Crippen LogP contribution in [0.3, 0.4) is 0 Å². The lowest BCUT2D eigenvalue weighted by molar-refractivity contribution is -0.274. The van der Waals surface area contributed by atoms with Crippen LogP contribution in [0.4, 0.5) is 30.5 Å². The summed E-state index contributed by atoms with van der Waals surface area (Å²) in [5.41, 5.74) is 5.16.